The normalized spacial score (nSPS) is 10.1. The van der Waals surface area contributed by atoms with E-state index in [-0.39, 0.29) is 0 Å². The molecule has 0 aromatic heterocycles. The van der Waals surface area contributed by atoms with Crippen LogP contribution in [0.15, 0.2) is 42.5 Å². The Bertz CT molecular complexity index is 489. The summed E-state index contributed by atoms with van der Waals surface area (Å²) in [6.07, 6.45) is 0. The van der Waals surface area contributed by atoms with Gasteiger partial charge in [-0.25, -0.2) is 0 Å². The molecule has 0 amide bonds. The predicted molar refractivity (Wildman–Crippen MR) is 66.6 cm³/mol. The van der Waals surface area contributed by atoms with Crippen LogP contribution in [0.3, 0.4) is 0 Å². The number of hydrogen-bond donors (Lipinski definition) is 1. The highest BCUT2D eigenvalue weighted by atomic mass is 16.5. The van der Waals surface area contributed by atoms with Gasteiger partial charge in [-0.15, -0.1) is 0 Å². The van der Waals surface area contributed by atoms with E-state index >= 15 is 0 Å². The first-order valence-electron chi connectivity index (χ1n) is 5.11. The largest absolute Gasteiger partial charge is 0.457 e. The molecule has 0 heterocycles. The quantitative estimate of drug-likeness (QED) is 0.772. The van der Waals surface area contributed by atoms with Gasteiger partial charge in [0, 0.05) is 5.69 Å². The highest BCUT2D eigenvalue weighted by molar-refractivity contribution is 5.50. The van der Waals surface area contributed by atoms with Crippen molar-refractivity contribution in [1.29, 1.82) is 0 Å². The van der Waals surface area contributed by atoms with E-state index in [1.165, 1.54) is 5.56 Å². The third kappa shape index (κ3) is 2.34. The van der Waals surface area contributed by atoms with Gasteiger partial charge >= 0.3 is 0 Å². The minimum absolute atomic E-state index is 0.696. The molecule has 1 radical (unpaired) electrons. The summed E-state index contributed by atoms with van der Waals surface area (Å²) in [6.45, 7) is 5.93. The van der Waals surface area contributed by atoms with Crippen LogP contribution in [-0.2, 0) is 0 Å². The molecule has 0 aliphatic rings. The number of ether oxygens (including phenoxy) is 1. The lowest BCUT2D eigenvalue weighted by molar-refractivity contribution is 0.480. The molecule has 0 saturated heterocycles. The summed E-state index contributed by atoms with van der Waals surface area (Å²) in [5, 5.41) is 0. The van der Waals surface area contributed by atoms with Crippen molar-refractivity contribution in [3.8, 4) is 11.5 Å². The molecule has 0 fully saturated rings. The molecule has 2 N–H and O–H groups in total. The molecular formula is C14H14NO. The standard InChI is InChI=1S/C14H14NO/c1-10-3-6-13(7-4-10)16-14-8-5-12(15)9-11(14)2/h3-9H,2,15H2,1H3. The van der Waals surface area contributed by atoms with Crippen LogP contribution < -0.4 is 10.5 Å². The molecule has 81 valence electrons. The maximum Gasteiger partial charge on any atom is 0.130 e. The fourth-order valence-electron chi connectivity index (χ4n) is 1.43. The van der Waals surface area contributed by atoms with Crippen molar-refractivity contribution in [2.45, 2.75) is 6.92 Å². The first-order valence-corrected chi connectivity index (χ1v) is 5.11. The van der Waals surface area contributed by atoms with E-state index in [4.69, 9.17) is 10.5 Å². The van der Waals surface area contributed by atoms with Crippen LogP contribution in [0.5, 0.6) is 11.5 Å². The highest BCUT2D eigenvalue weighted by Gasteiger charge is 2.01. The van der Waals surface area contributed by atoms with E-state index < -0.39 is 0 Å². The predicted octanol–water partition coefficient (Wildman–Crippen LogP) is 3.55. The smallest absolute Gasteiger partial charge is 0.130 e. The van der Waals surface area contributed by atoms with Crippen LogP contribution in [0.25, 0.3) is 0 Å². The van der Waals surface area contributed by atoms with Crippen LogP contribution >= 0.6 is 0 Å². The summed E-state index contributed by atoms with van der Waals surface area (Å²) in [5.74, 6) is 1.54. The Hall–Kier alpha value is -1.96. The second-order valence-electron chi connectivity index (χ2n) is 3.78. The molecule has 2 aromatic rings. The van der Waals surface area contributed by atoms with Crippen LogP contribution in [0.2, 0.25) is 0 Å². The lowest BCUT2D eigenvalue weighted by Gasteiger charge is -2.09. The van der Waals surface area contributed by atoms with E-state index in [0.29, 0.717) is 5.69 Å². The van der Waals surface area contributed by atoms with Gasteiger partial charge in [0.05, 0.1) is 0 Å². The minimum atomic E-state index is 0.696. The lowest BCUT2D eigenvalue weighted by atomic mass is 10.2. The third-order valence-corrected chi connectivity index (χ3v) is 2.33. The van der Waals surface area contributed by atoms with Gasteiger partial charge in [0.1, 0.15) is 11.5 Å². The van der Waals surface area contributed by atoms with Crippen molar-refractivity contribution in [3.05, 3.63) is 60.5 Å². The van der Waals surface area contributed by atoms with Crippen LogP contribution in [-0.4, -0.2) is 0 Å². The number of rotatable bonds is 2. The zero-order valence-electron chi connectivity index (χ0n) is 9.23. The SMILES string of the molecule is [CH2]c1cc(N)ccc1Oc1ccc(C)cc1. The molecular weight excluding hydrogens is 198 g/mol. The second-order valence-corrected chi connectivity index (χ2v) is 3.78. The van der Waals surface area contributed by atoms with Gasteiger partial charge in [-0.1, -0.05) is 17.7 Å². The van der Waals surface area contributed by atoms with Gasteiger partial charge in [-0.3, -0.25) is 0 Å². The van der Waals surface area contributed by atoms with Crippen molar-refractivity contribution in [1.82, 2.24) is 0 Å². The first-order chi connectivity index (χ1) is 7.65. The number of benzene rings is 2. The van der Waals surface area contributed by atoms with Crippen molar-refractivity contribution in [3.63, 3.8) is 0 Å². The highest BCUT2D eigenvalue weighted by Crippen LogP contribution is 2.26. The van der Waals surface area contributed by atoms with E-state index in [1.54, 1.807) is 12.1 Å². The Morgan fingerprint density at radius 3 is 2.38 bits per heavy atom. The van der Waals surface area contributed by atoms with Crippen molar-refractivity contribution in [2.24, 2.45) is 0 Å². The molecule has 0 aliphatic heterocycles. The number of hydrogen-bond acceptors (Lipinski definition) is 2. The summed E-state index contributed by atoms with van der Waals surface area (Å²) in [7, 11) is 0. The van der Waals surface area contributed by atoms with Crippen molar-refractivity contribution >= 4 is 5.69 Å². The summed E-state index contributed by atoms with van der Waals surface area (Å²) >= 11 is 0. The summed E-state index contributed by atoms with van der Waals surface area (Å²) < 4.78 is 5.70. The average Bonchev–Trinajstić information content (AvgIpc) is 2.25. The summed E-state index contributed by atoms with van der Waals surface area (Å²) in [4.78, 5) is 0. The molecule has 0 unspecified atom stereocenters. The van der Waals surface area contributed by atoms with E-state index in [0.717, 1.165) is 17.1 Å². The Morgan fingerprint density at radius 2 is 1.75 bits per heavy atom. The zero-order valence-corrected chi connectivity index (χ0v) is 9.23. The molecule has 0 bridgehead atoms. The van der Waals surface area contributed by atoms with Gasteiger partial charge in [-0.2, -0.15) is 0 Å². The van der Waals surface area contributed by atoms with Crippen molar-refractivity contribution in [2.75, 3.05) is 5.73 Å². The third-order valence-electron chi connectivity index (χ3n) is 2.33. The number of anilines is 1. The Balaban J connectivity index is 2.23. The molecule has 2 rings (SSSR count). The topological polar surface area (TPSA) is 35.2 Å². The van der Waals surface area contributed by atoms with E-state index in [2.05, 4.69) is 6.92 Å². The van der Waals surface area contributed by atoms with Gasteiger partial charge in [0.2, 0.25) is 0 Å². The maximum absolute atomic E-state index is 5.70. The molecule has 2 heteroatoms. The number of aryl methyl sites for hydroxylation is 1. The number of nitrogens with two attached hydrogens (primary N) is 1. The molecule has 0 spiro atoms. The molecule has 0 saturated carbocycles. The van der Waals surface area contributed by atoms with E-state index in [1.807, 2.05) is 37.3 Å². The summed E-state index contributed by atoms with van der Waals surface area (Å²) in [5.41, 5.74) is 8.34. The Morgan fingerprint density at radius 1 is 1.06 bits per heavy atom. The number of nitrogen functional groups attached to an aromatic ring is 1. The molecule has 16 heavy (non-hydrogen) atoms. The van der Waals surface area contributed by atoms with Crippen LogP contribution in [0.1, 0.15) is 11.1 Å². The second kappa shape index (κ2) is 4.27. The molecule has 2 nitrogen and oxygen atoms in total. The Kier molecular flexibility index (Phi) is 2.82. The fraction of sp³-hybridized carbons (Fsp3) is 0.0714. The minimum Gasteiger partial charge on any atom is -0.457 e. The molecule has 2 aromatic carbocycles. The monoisotopic (exact) mass is 212 g/mol. The Labute approximate surface area is 95.7 Å². The van der Waals surface area contributed by atoms with Crippen LogP contribution in [0, 0.1) is 13.8 Å². The average molecular weight is 212 g/mol. The van der Waals surface area contributed by atoms with Gasteiger partial charge in [-0.05, 0) is 49.7 Å². The molecule has 0 atom stereocenters. The van der Waals surface area contributed by atoms with Gasteiger partial charge in [0.25, 0.3) is 0 Å². The zero-order chi connectivity index (χ0) is 11.5. The van der Waals surface area contributed by atoms with Crippen LogP contribution in [0.4, 0.5) is 5.69 Å². The maximum atomic E-state index is 5.70. The van der Waals surface area contributed by atoms with Crippen molar-refractivity contribution < 1.29 is 4.74 Å². The fourth-order valence-corrected chi connectivity index (χ4v) is 1.43. The first kappa shape index (κ1) is 10.6. The van der Waals surface area contributed by atoms with Gasteiger partial charge in [0.15, 0.2) is 0 Å². The van der Waals surface area contributed by atoms with E-state index in [9.17, 15) is 0 Å². The summed E-state index contributed by atoms with van der Waals surface area (Å²) in [6, 6.07) is 13.3. The van der Waals surface area contributed by atoms with Gasteiger partial charge < -0.3 is 10.5 Å². The lowest BCUT2D eigenvalue weighted by Crippen LogP contribution is -1.90. The molecule has 0 aliphatic carbocycles.